The van der Waals surface area contributed by atoms with Crippen LogP contribution in [-0.2, 0) is 4.79 Å². The number of benzene rings is 2. The van der Waals surface area contributed by atoms with Crippen LogP contribution < -0.4 is 10.6 Å². The second kappa shape index (κ2) is 9.17. The molecule has 3 amide bonds. The largest absolute Gasteiger partial charge is 0.349 e. The van der Waals surface area contributed by atoms with E-state index in [1.807, 2.05) is 37.3 Å². The average molecular weight is 379 g/mol. The van der Waals surface area contributed by atoms with Crippen molar-refractivity contribution in [3.8, 4) is 0 Å². The summed E-state index contributed by atoms with van der Waals surface area (Å²) >= 11 is 0. The molecule has 0 saturated carbocycles. The van der Waals surface area contributed by atoms with Gasteiger partial charge in [0.2, 0.25) is 5.91 Å². The Bertz CT molecular complexity index is 843. The van der Waals surface area contributed by atoms with Gasteiger partial charge < -0.3 is 15.5 Å². The third-order valence-corrected chi connectivity index (χ3v) is 5.01. The number of nitrogens with one attached hydrogen (secondary N) is 2. The Morgan fingerprint density at radius 1 is 0.929 bits per heavy atom. The first-order valence-corrected chi connectivity index (χ1v) is 9.52. The smallest absolute Gasteiger partial charge is 0.251 e. The zero-order valence-corrected chi connectivity index (χ0v) is 16.0. The molecule has 2 aromatic carbocycles. The fourth-order valence-electron chi connectivity index (χ4n) is 3.32. The standard InChI is InChI=1S/C22H25N3O3/c1-16-7-5-6-10-19(16)22(28)24-18-11-13-25(14-12-18)20(26)15-23-21(27)17-8-3-2-4-9-17/h2-10,18H,11-15H2,1H3,(H,23,27)(H,24,28). The molecule has 3 rings (SSSR count). The van der Waals surface area contributed by atoms with Crippen molar-refractivity contribution in [3.05, 3.63) is 71.3 Å². The van der Waals surface area contributed by atoms with E-state index in [0.717, 1.165) is 5.56 Å². The Hall–Kier alpha value is -3.15. The van der Waals surface area contributed by atoms with Gasteiger partial charge in [0.25, 0.3) is 11.8 Å². The first kappa shape index (κ1) is 19.6. The molecule has 0 spiro atoms. The number of carbonyl (C=O) groups is 3. The number of piperidine rings is 1. The number of hydrogen-bond acceptors (Lipinski definition) is 3. The van der Waals surface area contributed by atoms with Crippen molar-refractivity contribution in [3.63, 3.8) is 0 Å². The number of amides is 3. The van der Waals surface area contributed by atoms with E-state index in [0.29, 0.717) is 37.1 Å². The molecular formula is C22H25N3O3. The Kier molecular flexibility index (Phi) is 6.42. The molecule has 1 heterocycles. The zero-order chi connectivity index (χ0) is 19.9. The first-order chi connectivity index (χ1) is 13.5. The summed E-state index contributed by atoms with van der Waals surface area (Å²) in [6, 6.07) is 16.4. The molecule has 6 nitrogen and oxygen atoms in total. The van der Waals surface area contributed by atoms with Crippen LogP contribution in [0.4, 0.5) is 0 Å². The summed E-state index contributed by atoms with van der Waals surface area (Å²) in [5.41, 5.74) is 2.17. The highest BCUT2D eigenvalue weighted by atomic mass is 16.2. The molecule has 0 unspecified atom stereocenters. The molecule has 0 atom stereocenters. The molecule has 0 aliphatic carbocycles. The molecule has 2 aromatic rings. The topological polar surface area (TPSA) is 78.5 Å². The van der Waals surface area contributed by atoms with E-state index in [2.05, 4.69) is 10.6 Å². The van der Waals surface area contributed by atoms with Crippen LogP contribution in [0, 0.1) is 6.92 Å². The summed E-state index contributed by atoms with van der Waals surface area (Å²) < 4.78 is 0. The van der Waals surface area contributed by atoms with Gasteiger partial charge in [-0.1, -0.05) is 36.4 Å². The molecule has 6 heteroatoms. The molecule has 1 fully saturated rings. The lowest BCUT2D eigenvalue weighted by molar-refractivity contribution is -0.131. The minimum absolute atomic E-state index is 0.0199. The number of carbonyl (C=O) groups excluding carboxylic acids is 3. The normalized spacial score (nSPS) is 14.4. The van der Waals surface area contributed by atoms with Crippen LogP contribution in [0.15, 0.2) is 54.6 Å². The van der Waals surface area contributed by atoms with Crippen molar-refractivity contribution in [2.24, 2.45) is 0 Å². The number of hydrogen-bond donors (Lipinski definition) is 2. The maximum absolute atomic E-state index is 12.4. The molecule has 1 aliphatic rings. The van der Waals surface area contributed by atoms with Crippen LogP contribution in [0.25, 0.3) is 0 Å². The highest BCUT2D eigenvalue weighted by molar-refractivity contribution is 5.96. The predicted molar refractivity (Wildman–Crippen MR) is 107 cm³/mol. The number of nitrogens with zero attached hydrogens (tertiary/aromatic N) is 1. The van der Waals surface area contributed by atoms with Crippen LogP contribution in [0.5, 0.6) is 0 Å². The SMILES string of the molecule is Cc1ccccc1C(=O)NC1CCN(C(=O)CNC(=O)c2ccccc2)CC1. The van der Waals surface area contributed by atoms with Crippen molar-refractivity contribution in [1.82, 2.24) is 15.5 Å². The molecule has 28 heavy (non-hydrogen) atoms. The van der Waals surface area contributed by atoms with Crippen molar-refractivity contribution in [1.29, 1.82) is 0 Å². The van der Waals surface area contributed by atoms with Crippen LogP contribution in [0.3, 0.4) is 0 Å². The second-order valence-corrected chi connectivity index (χ2v) is 6.99. The molecule has 0 aromatic heterocycles. The summed E-state index contributed by atoms with van der Waals surface area (Å²) in [6.07, 6.45) is 1.41. The van der Waals surface area contributed by atoms with Gasteiger partial charge >= 0.3 is 0 Å². The lowest BCUT2D eigenvalue weighted by Crippen LogP contribution is -2.49. The number of aryl methyl sites for hydroxylation is 1. The van der Waals surface area contributed by atoms with E-state index >= 15 is 0 Å². The fourth-order valence-corrected chi connectivity index (χ4v) is 3.32. The van der Waals surface area contributed by atoms with E-state index in [4.69, 9.17) is 0 Å². The Balaban J connectivity index is 1.43. The van der Waals surface area contributed by atoms with E-state index in [-0.39, 0.29) is 30.3 Å². The Morgan fingerprint density at radius 2 is 1.57 bits per heavy atom. The Morgan fingerprint density at radius 3 is 2.25 bits per heavy atom. The second-order valence-electron chi connectivity index (χ2n) is 6.99. The minimum Gasteiger partial charge on any atom is -0.349 e. The maximum Gasteiger partial charge on any atom is 0.251 e. The number of rotatable bonds is 5. The highest BCUT2D eigenvalue weighted by Crippen LogP contribution is 2.13. The van der Waals surface area contributed by atoms with E-state index < -0.39 is 0 Å². The fraction of sp³-hybridized carbons (Fsp3) is 0.318. The third-order valence-electron chi connectivity index (χ3n) is 5.01. The maximum atomic E-state index is 12.4. The van der Waals surface area contributed by atoms with E-state index in [1.165, 1.54) is 0 Å². The summed E-state index contributed by atoms with van der Waals surface area (Å²) in [5.74, 6) is -0.430. The minimum atomic E-state index is -0.255. The van der Waals surface area contributed by atoms with Gasteiger partial charge in [-0.3, -0.25) is 14.4 Å². The van der Waals surface area contributed by atoms with Crippen LogP contribution >= 0.6 is 0 Å². The van der Waals surface area contributed by atoms with Gasteiger partial charge in [-0.15, -0.1) is 0 Å². The summed E-state index contributed by atoms with van der Waals surface area (Å²) in [4.78, 5) is 38.6. The molecule has 2 N–H and O–H groups in total. The predicted octanol–water partition coefficient (Wildman–Crippen LogP) is 2.15. The van der Waals surface area contributed by atoms with Gasteiger partial charge in [0.15, 0.2) is 0 Å². The molecule has 0 bridgehead atoms. The molecular weight excluding hydrogens is 354 g/mol. The third kappa shape index (κ3) is 4.97. The zero-order valence-electron chi connectivity index (χ0n) is 16.0. The average Bonchev–Trinajstić information content (AvgIpc) is 2.73. The van der Waals surface area contributed by atoms with Crippen LogP contribution in [0.1, 0.15) is 39.1 Å². The van der Waals surface area contributed by atoms with E-state index in [9.17, 15) is 14.4 Å². The van der Waals surface area contributed by atoms with Gasteiger partial charge in [-0.05, 0) is 43.5 Å². The Labute approximate surface area is 164 Å². The van der Waals surface area contributed by atoms with Crippen molar-refractivity contribution in [2.75, 3.05) is 19.6 Å². The number of likely N-dealkylation sites (tertiary alicyclic amines) is 1. The van der Waals surface area contributed by atoms with Gasteiger partial charge in [-0.25, -0.2) is 0 Å². The van der Waals surface area contributed by atoms with Crippen molar-refractivity contribution >= 4 is 17.7 Å². The van der Waals surface area contributed by atoms with Gasteiger partial charge in [0.1, 0.15) is 0 Å². The quantitative estimate of drug-likeness (QED) is 0.836. The van der Waals surface area contributed by atoms with Crippen LogP contribution in [0.2, 0.25) is 0 Å². The molecule has 146 valence electrons. The summed E-state index contributed by atoms with van der Waals surface area (Å²) in [7, 11) is 0. The molecule has 0 radical (unpaired) electrons. The first-order valence-electron chi connectivity index (χ1n) is 9.52. The van der Waals surface area contributed by atoms with E-state index in [1.54, 1.807) is 29.2 Å². The molecule has 1 saturated heterocycles. The summed E-state index contributed by atoms with van der Waals surface area (Å²) in [6.45, 7) is 3.03. The highest BCUT2D eigenvalue weighted by Gasteiger charge is 2.24. The van der Waals surface area contributed by atoms with Crippen molar-refractivity contribution < 1.29 is 14.4 Å². The van der Waals surface area contributed by atoms with Gasteiger partial charge in [0, 0.05) is 30.3 Å². The van der Waals surface area contributed by atoms with Crippen molar-refractivity contribution in [2.45, 2.75) is 25.8 Å². The monoisotopic (exact) mass is 379 g/mol. The summed E-state index contributed by atoms with van der Waals surface area (Å²) in [5, 5.41) is 5.73. The lowest BCUT2D eigenvalue weighted by Gasteiger charge is -2.32. The van der Waals surface area contributed by atoms with Gasteiger partial charge in [0.05, 0.1) is 6.54 Å². The molecule has 1 aliphatic heterocycles. The van der Waals surface area contributed by atoms with Gasteiger partial charge in [-0.2, -0.15) is 0 Å². The van der Waals surface area contributed by atoms with Crippen LogP contribution in [-0.4, -0.2) is 48.3 Å². The lowest BCUT2D eigenvalue weighted by atomic mass is 10.0.